The van der Waals surface area contributed by atoms with Crippen molar-refractivity contribution in [1.82, 2.24) is 0 Å². The number of carbonyl (C=O) groups excluding carboxylic acids is 3. The summed E-state index contributed by atoms with van der Waals surface area (Å²) < 4.78 is 5.18. The van der Waals surface area contributed by atoms with Crippen LogP contribution in [0.3, 0.4) is 0 Å². The molecule has 7 heteroatoms. The summed E-state index contributed by atoms with van der Waals surface area (Å²) in [6, 6.07) is 13.7. The molecule has 0 aromatic heterocycles. The van der Waals surface area contributed by atoms with Crippen LogP contribution in [-0.4, -0.2) is 24.4 Å². The van der Waals surface area contributed by atoms with Crippen molar-refractivity contribution in [2.75, 3.05) is 16.8 Å². The smallest absolute Gasteiger partial charge is 0.338 e. The summed E-state index contributed by atoms with van der Waals surface area (Å²) in [5.41, 5.74) is 2.49. The SMILES string of the molecule is CCCCOC(=O)c1ccc(NC2=C(Cl)C(=O)N(c3ccc(C(C)C)cc3)C2=O)cc1. The van der Waals surface area contributed by atoms with Crippen LogP contribution in [0.2, 0.25) is 0 Å². The topological polar surface area (TPSA) is 75.7 Å². The van der Waals surface area contributed by atoms with Crippen molar-refractivity contribution in [3.8, 4) is 0 Å². The van der Waals surface area contributed by atoms with Crippen LogP contribution in [0.5, 0.6) is 0 Å². The molecule has 162 valence electrons. The Morgan fingerprint density at radius 1 is 1.03 bits per heavy atom. The van der Waals surface area contributed by atoms with Gasteiger partial charge in [0.2, 0.25) is 0 Å². The maximum atomic E-state index is 12.9. The molecule has 6 nitrogen and oxygen atoms in total. The van der Waals surface area contributed by atoms with Crippen LogP contribution in [0.25, 0.3) is 0 Å². The van der Waals surface area contributed by atoms with E-state index >= 15 is 0 Å². The van der Waals surface area contributed by atoms with Gasteiger partial charge in [-0.1, -0.05) is 50.9 Å². The largest absolute Gasteiger partial charge is 0.462 e. The van der Waals surface area contributed by atoms with E-state index in [9.17, 15) is 14.4 Å². The van der Waals surface area contributed by atoms with Gasteiger partial charge < -0.3 is 10.1 Å². The number of anilines is 2. The highest BCUT2D eigenvalue weighted by molar-refractivity contribution is 6.53. The Kier molecular flexibility index (Phi) is 7.13. The van der Waals surface area contributed by atoms with E-state index in [1.807, 2.05) is 19.1 Å². The highest BCUT2D eigenvalue weighted by Crippen LogP contribution is 2.31. The number of hydrogen-bond donors (Lipinski definition) is 1. The van der Waals surface area contributed by atoms with Crippen LogP contribution in [0.15, 0.2) is 59.3 Å². The number of unbranched alkanes of at least 4 members (excludes halogenated alkanes) is 1. The number of esters is 1. The molecule has 0 spiro atoms. The number of amides is 2. The quantitative estimate of drug-likeness (QED) is 0.346. The molecule has 0 bridgehead atoms. The molecule has 0 radical (unpaired) electrons. The van der Waals surface area contributed by atoms with E-state index < -0.39 is 17.8 Å². The van der Waals surface area contributed by atoms with Crippen LogP contribution in [0.1, 0.15) is 55.5 Å². The minimum absolute atomic E-state index is 0.00197. The van der Waals surface area contributed by atoms with Crippen LogP contribution >= 0.6 is 11.6 Å². The maximum Gasteiger partial charge on any atom is 0.338 e. The fourth-order valence-electron chi connectivity index (χ4n) is 3.08. The predicted octanol–water partition coefficient (Wildman–Crippen LogP) is 5.20. The molecule has 0 saturated carbocycles. The van der Waals surface area contributed by atoms with Gasteiger partial charge in [-0.15, -0.1) is 0 Å². The van der Waals surface area contributed by atoms with Gasteiger partial charge in [-0.2, -0.15) is 0 Å². The molecule has 2 aromatic carbocycles. The lowest BCUT2D eigenvalue weighted by Crippen LogP contribution is -2.32. The third-order valence-corrected chi connectivity index (χ3v) is 5.32. The zero-order valence-corrected chi connectivity index (χ0v) is 18.5. The summed E-state index contributed by atoms with van der Waals surface area (Å²) in [5, 5.41) is 2.72. The monoisotopic (exact) mass is 440 g/mol. The number of hydrogen-bond acceptors (Lipinski definition) is 5. The van der Waals surface area contributed by atoms with Crippen LogP contribution in [-0.2, 0) is 14.3 Å². The molecule has 0 atom stereocenters. The first-order valence-electron chi connectivity index (χ1n) is 10.3. The number of halogens is 1. The molecule has 2 amide bonds. The Balaban J connectivity index is 1.72. The predicted molar refractivity (Wildman–Crippen MR) is 121 cm³/mol. The molecule has 1 heterocycles. The summed E-state index contributed by atoms with van der Waals surface area (Å²) in [5.74, 6) is -1.18. The highest BCUT2D eigenvalue weighted by atomic mass is 35.5. The second-order valence-corrected chi connectivity index (χ2v) is 7.95. The standard InChI is InChI=1S/C24H25ClN2O4/c1-4-5-14-31-24(30)17-6-10-18(11-7-17)26-21-20(25)22(28)27(23(21)29)19-12-8-16(9-13-19)15(2)3/h6-13,15,26H,4-5,14H2,1-3H3. The average Bonchev–Trinajstić information content (AvgIpc) is 2.97. The van der Waals surface area contributed by atoms with Gasteiger partial charge in [0.05, 0.1) is 17.9 Å². The fourth-order valence-corrected chi connectivity index (χ4v) is 3.29. The molecule has 2 aromatic rings. The molecular formula is C24H25ClN2O4. The molecule has 0 unspecified atom stereocenters. The lowest BCUT2D eigenvalue weighted by molar-refractivity contribution is -0.120. The fraction of sp³-hybridized carbons (Fsp3) is 0.292. The lowest BCUT2D eigenvalue weighted by atomic mass is 10.0. The van der Waals surface area contributed by atoms with Gasteiger partial charge >= 0.3 is 5.97 Å². The van der Waals surface area contributed by atoms with E-state index in [1.165, 1.54) is 0 Å². The van der Waals surface area contributed by atoms with E-state index in [1.54, 1.807) is 36.4 Å². The van der Waals surface area contributed by atoms with Crippen LogP contribution in [0.4, 0.5) is 11.4 Å². The van der Waals surface area contributed by atoms with Crippen molar-refractivity contribution in [3.63, 3.8) is 0 Å². The summed E-state index contributed by atoms with van der Waals surface area (Å²) in [6.45, 7) is 6.53. The Morgan fingerprint density at radius 3 is 2.26 bits per heavy atom. The third-order valence-electron chi connectivity index (χ3n) is 4.97. The zero-order valence-electron chi connectivity index (χ0n) is 17.8. The van der Waals surface area contributed by atoms with Crippen molar-refractivity contribution in [3.05, 3.63) is 70.4 Å². The number of carbonyl (C=O) groups is 3. The molecule has 0 fully saturated rings. The van der Waals surface area contributed by atoms with E-state index in [2.05, 4.69) is 19.2 Å². The Bertz CT molecular complexity index is 1010. The van der Waals surface area contributed by atoms with Crippen LogP contribution in [0, 0.1) is 0 Å². The molecule has 1 aliphatic heterocycles. The Labute approximate surface area is 186 Å². The summed E-state index contributed by atoms with van der Waals surface area (Å²) in [4.78, 5) is 38.6. The van der Waals surface area contributed by atoms with E-state index in [-0.39, 0.29) is 10.7 Å². The van der Waals surface area contributed by atoms with Gasteiger partial charge in [-0.25, -0.2) is 9.69 Å². The Hall–Kier alpha value is -3.12. The second-order valence-electron chi connectivity index (χ2n) is 7.57. The molecule has 31 heavy (non-hydrogen) atoms. The minimum atomic E-state index is -0.581. The minimum Gasteiger partial charge on any atom is -0.462 e. The number of benzene rings is 2. The molecular weight excluding hydrogens is 416 g/mol. The molecule has 1 N–H and O–H groups in total. The number of nitrogens with zero attached hydrogens (tertiary/aromatic N) is 1. The average molecular weight is 441 g/mol. The van der Waals surface area contributed by atoms with Crippen molar-refractivity contribution in [1.29, 1.82) is 0 Å². The first-order chi connectivity index (χ1) is 14.8. The molecule has 3 rings (SSSR count). The Morgan fingerprint density at radius 2 is 1.68 bits per heavy atom. The number of nitrogens with one attached hydrogen (secondary N) is 1. The van der Waals surface area contributed by atoms with Crippen molar-refractivity contribution in [2.45, 2.75) is 39.5 Å². The van der Waals surface area contributed by atoms with Gasteiger partial charge in [0.25, 0.3) is 11.8 Å². The van der Waals surface area contributed by atoms with Gasteiger partial charge in [0.1, 0.15) is 10.7 Å². The second kappa shape index (κ2) is 9.79. The normalized spacial score (nSPS) is 13.9. The first kappa shape index (κ1) is 22.6. The summed E-state index contributed by atoms with van der Waals surface area (Å²) in [7, 11) is 0. The van der Waals surface area contributed by atoms with Crippen molar-refractivity contribution in [2.24, 2.45) is 0 Å². The summed E-state index contributed by atoms with van der Waals surface area (Å²) >= 11 is 6.18. The number of rotatable bonds is 8. The lowest BCUT2D eigenvalue weighted by Gasteiger charge is -2.16. The highest BCUT2D eigenvalue weighted by Gasteiger charge is 2.38. The first-order valence-corrected chi connectivity index (χ1v) is 10.6. The number of imide groups is 1. The third kappa shape index (κ3) is 4.97. The van der Waals surface area contributed by atoms with Gasteiger partial charge in [0.15, 0.2) is 0 Å². The van der Waals surface area contributed by atoms with E-state index in [0.717, 1.165) is 23.3 Å². The van der Waals surface area contributed by atoms with Crippen LogP contribution < -0.4 is 10.2 Å². The molecule has 0 saturated heterocycles. The number of ether oxygens (including phenoxy) is 1. The van der Waals surface area contributed by atoms with Gasteiger partial charge in [-0.05, 0) is 54.3 Å². The van der Waals surface area contributed by atoms with Crippen molar-refractivity contribution >= 4 is 40.8 Å². The summed E-state index contributed by atoms with van der Waals surface area (Å²) in [6.07, 6.45) is 1.75. The van der Waals surface area contributed by atoms with E-state index in [4.69, 9.17) is 16.3 Å². The van der Waals surface area contributed by atoms with Gasteiger partial charge in [0, 0.05) is 5.69 Å². The zero-order chi connectivity index (χ0) is 22.5. The maximum absolute atomic E-state index is 12.9. The van der Waals surface area contributed by atoms with Crippen molar-refractivity contribution < 1.29 is 19.1 Å². The van der Waals surface area contributed by atoms with Gasteiger partial charge in [-0.3, -0.25) is 9.59 Å². The molecule has 0 aliphatic carbocycles. The molecule has 1 aliphatic rings. The van der Waals surface area contributed by atoms with E-state index in [0.29, 0.717) is 29.5 Å².